The van der Waals surface area contributed by atoms with Crippen LogP contribution >= 0.6 is 0 Å². The topological polar surface area (TPSA) is 61.7 Å². The molecular formula is C25H25N5O. The summed E-state index contributed by atoms with van der Waals surface area (Å²) >= 11 is 0. The van der Waals surface area contributed by atoms with Crippen LogP contribution in [-0.4, -0.2) is 24.5 Å². The van der Waals surface area contributed by atoms with E-state index in [9.17, 15) is 0 Å². The zero-order valence-electron chi connectivity index (χ0n) is 18.1. The van der Waals surface area contributed by atoms with E-state index in [1.807, 2.05) is 24.1 Å². The first-order valence-electron chi connectivity index (χ1n) is 11.1. The van der Waals surface area contributed by atoms with E-state index in [0.29, 0.717) is 0 Å². The predicted molar refractivity (Wildman–Crippen MR) is 116 cm³/mol. The number of rotatable bonds is 2. The Labute approximate surface area is 180 Å². The monoisotopic (exact) mass is 411 g/mol. The molecule has 1 spiro atoms. The fourth-order valence-electron chi connectivity index (χ4n) is 7.04. The first-order valence-corrected chi connectivity index (χ1v) is 11.1. The Balaban J connectivity index is 1.50. The van der Waals surface area contributed by atoms with Crippen molar-refractivity contribution in [3.63, 3.8) is 0 Å². The molecule has 1 fully saturated rings. The van der Waals surface area contributed by atoms with E-state index < -0.39 is 0 Å². The summed E-state index contributed by atoms with van der Waals surface area (Å²) in [5.41, 5.74) is 6.27. The van der Waals surface area contributed by atoms with E-state index in [1.165, 1.54) is 17.0 Å². The molecule has 6 heteroatoms. The van der Waals surface area contributed by atoms with Crippen molar-refractivity contribution in [2.45, 2.75) is 50.4 Å². The first kappa shape index (κ1) is 17.5. The van der Waals surface area contributed by atoms with Crippen LogP contribution in [0.1, 0.15) is 49.4 Å². The minimum Gasteiger partial charge on any atom is -0.361 e. The molecule has 6 nitrogen and oxygen atoms in total. The fourth-order valence-corrected chi connectivity index (χ4v) is 7.04. The summed E-state index contributed by atoms with van der Waals surface area (Å²) in [6.45, 7) is 4.80. The number of hydrogen-bond donors (Lipinski definition) is 0. The molecule has 7 rings (SSSR count). The van der Waals surface area contributed by atoms with Crippen LogP contribution in [0, 0.1) is 5.41 Å². The molecule has 1 unspecified atom stereocenters. The first-order chi connectivity index (χ1) is 15.0. The third-order valence-electron chi connectivity index (χ3n) is 8.60. The van der Waals surface area contributed by atoms with Gasteiger partial charge in [-0.2, -0.15) is 5.10 Å². The maximum absolute atomic E-state index is 5.77. The highest BCUT2D eigenvalue weighted by atomic mass is 16.5. The lowest BCUT2D eigenvalue weighted by Crippen LogP contribution is -2.47. The van der Waals surface area contributed by atoms with Crippen LogP contribution < -0.4 is 0 Å². The number of imidazole rings is 1. The highest BCUT2D eigenvalue weighted by Crippen LogP contribution is 2.79. The van der Waals surface area contributed by atoms with Gasteiger partial charge in [-0.05, 0) is 31.1 Å². The van der Waals surface area contributed by atoms with E-state index >= 15 is 0 Å². The fraction of sp³-hybridized carbons (Fsp3) is 0.400. The number of aromatic nitrogens is 5. The van der Waals surface area contributed by atoms with Crippen LogP contribution in [0.15, 0.2) is 53.4 Å². The van der Waals surface area contributed by atoms with Crippen LogP contribution in [0.25, 0.3) is 17.1 Å². The van der Waals surface area contributed by atoms with Gasteiger partial charge in [0.15, 0.2) is 0 Å². The number of nitrogens with zero attached hydrogens (tertiary/aromatic N) is 5. The zero-order valence-corrected chi connectivity index (χ0v) is 18.1. The van der Waals surface area contributed by atoms with E-state index in [-0.39, 0.29) is 16.2 Å². The van der Waals surface area contributed by atoms with Crippen molar-refractivity contribution in [1.29, 1.82) is 0 Å². The van der Waals surface area contributed by atoms with Crippen molar-refractivity contribution < 1.29 is 4.52 Å². The summed E-state index contributed by atoms with van der Waals surface area (Å²) in [5, 5.41) is 8.63. The average Bonchev–Trinajstić information content (AvgIpc) is 3.20. The lowest BCUT2D eigenvalue weighted by molar-refractivity contribution is 0.159. The van der Waals surface area contributed by atoms with Gasteiger partial charge >= 0.3 is 0 Å². The van der Waals surface area contributed by atoms with E-state index in [2.05, 4.69) is 65.2 Å². The second-order valence-corrected chi connectivity index (χ2v) is 10.1. The highest BCUT2D eigenvalue weighted by Gasteiger charge is 2.78. The van der Waals surface area contributed by atoms with Crippen LogP contribution in [0.3, 0.4) is 0 Å². The van der Waals surface area contributed by atoms with Gasteiger partial charge in [0.05, 0.1) is 23.8 Å². The molecule has 1 saturated carbocycles. The maximum atomic E-state index is 5.77. The van der Waals surface area contributed by atoms with Crippen LogP contribution in [0.2, 0.25) is 0 Å². The Morgan fingerprint density at radius 1 is 1.06 bits per heavy atom. The molecular weight excluding hydrogens is 386 g/mol. The Morgan fingerprint density at radius 3 is 2.68 bits per heavy atom. The molecule has 0 N–H and O–H groups in total. The van der Waals surface area contributed by atoms with Gasteiger partial charge in [0, 0.05) is 40.9 Å². The number of aryl methyl sites for hydroxylation is 1. The SMILES string of the molecule is Cn1cc(-n2c(-c3ccccc3)nc3c2CC[C@@]24CC2(C)c2oncc2C[C@]34C)cn1. The molecule has 156 valence electrons. The number of hydrogen-bond acceptors (Lipinski definition) is 4. The molecule has 3 heterocycles. The summed E-state index contributed by atoms with van der Waals surface area (Å²) in [7, 11) is 1.97. The van der Waals surface area contributed by atoms with Gasteiger partial charge in [0.2, 0.25) is 0 Å². The van der Waals surface area contributed by atoms with Gasteiger partial charge in [-0.15, -0.1) is 0 Å². The van der Waals surface area contributed by atoms with Crippen LogP contribution in [-0.2, 0) is 30.7 Å². The zero-order chi connectivity index (χ0) is 21.0. The van der Waals surface area contributed by atoms with Gasteiger partial charge in [-0.1, -0.05) is 49.3 Å². The molecule has 0 radical (unpaired) electrons. The quantitative estimate of drug-likeness (QED) is 0.491. The third-order valence-corrected chi connectivity index (χ3v) is 8.60. The van der Waals surface area contributed by atoms with Gasteiger partial charge in [-0.25, -0.2) is 4.98 Å². The van der Waals surface area contributed by atoms with E-state index in [0.717, 1.165) is 48.5 Å². The van der Waals surface area contributed by atoms with Gasteiger partial charge < -0.3 is 4.52 Å². The molecule has 31 heavy (non-hydrogen) atoms. The van der Waals surface area contributed by atoms with Crippen LogP contribution in [0.5, 0.6) is 0 Å². The minimum atomic E-state index is -0.0368. The molecule has 0 bridgehead atoms. The maximum Gasteiger partial charge on any atom is 0.146 e. The third kappa shape index (κ3) is 1.92. The molecule has 4 aromatic rings. The van der Waals surface area contributed by atoms with Gasteiger partial charge in [0.1, 0.15) is 11.6 Å². The second-order valence-electron chi connectivity index (χ2n) is 10.1. The van der Waals surface area contributed by atoms with Gasteiger partial charge in [0.25, 0.3) is 0 Å². The lowest BCUT2D eigenvalue weighted by Gasteiger charge is -2.46. The minimum absolute atomic E-state index is 0.0368. The van der Waals surface area contributed by atoms with E-state index in [1.54, 1.807) is 0 Å². The molecule has 3 aliphatic rings. The summed E-state index contributed by atoms with van der Waals surface area (Å²) in [5.74, 6) is 2.12. The summed E-state index contributed by atoms with van der Waals surface area (Å²) in [4.78, 5) is 5.40. The average molecular weight is 412 g/mol. The number of fused-ring (bicyclic) bond motifs is 4. The van der Waals surface area contributed by atoms with Crippen molar-refractivity contribution in [1.82, 2.24) is 24.5 Å². The summed E-state index contributed by atoms with van der Waals surface area (Å²) < 4.78 is 9.98. The Kier molecular flexibility index (Phi) is 3.03. The molecule has 3 aliphatic carbocycles. The second kappa shape index (κ2) is 5.36. The lowest BCUT2D eigenvalue weighted by atomic mass is 9.56. The highest BCUT2D eigenvalue weighted by molar-refractivity contribution is 5.63. The standard InChI is InChI=1S/C25H25N5O/c1-23-11-17-12-27-31-21(17)24(2)15-25(23,24)10-9-19-20(23)28-22(16-7-5-4-6-8-16)30(19)18-13-26-29(3)14-18/h4-8,12-14H,9-11,15H2,1-3H3/t23-,24?,25+/m1/s1. The van der Waals surface area contributed by atoms with E-state index in [4.69, 9.17) is 9.51 Å². The van der Waals surface area contributed by atoms with Crippen molar-refractivity contribution in [2.75, 3.05) is 0 Å². The molecule has 1 aromatic carbocycles. The summed E-state index contributed by atoms with van der Waals surface area (Å²) in [6, 6.07) is 10.5. The smallest absolute Gasteiger partial charge is 0.146 e. The van der Waals surface area contributed by atoms with Crippen LogP contribution in [0.4, 0.5) is 0 Å². The molecule has 3 atom stereocenters. The predicted octanol–water partition coefficient (Wildman–Crippen LogP) is 4.37. The molecule has 0 saturated heterocycles. The molecule has 3 aromatic heterocycles. The Bertz CT molecular complexity index is 1350. The molecule has 0 aliphatic heterocycles. The van der Waals surface area contributed by atoms with Crippen molar-refractivity contribution >= 4 is 0 Å². The van der Waals surface area contributed by atoms with Crippen molar-refractivity contribution in [2.24, 2.45) is 12.5 Å². The normalized spacial score (nSPS) is 30.3. The molecule has 0 amide bonds. The summed E-state index contributed by atoms with van der Waals surface area (Å²) in [6.07, 6.45) is 10.2. The van der Waals surface area contributed by atoms with Gasteiger partial charge in [-0.3, -0.25) is 9.25 Å². The number of benzene rings is 1. The van der Waals surface area contributed by atoms with Crippen molar-refractivity contribution in [3.8, 4) is 17.1 Å². The Morgan fingerprint density at radius 2 is 1.90 bits per heavy atom. The largest absolute Gasteiger partial charge is 0.361 e. The Hall–Kier alpha value is -3.15. The van der Waals surface area contributed by atoms with Crippen molar-refractivity contribution in [3.05, 3.63) is 71.6 Å².